The van der Waals surface area contributed by atoms with Crippen molar-refractivity contribution in [2.45, 2.75) is 19.8 Å². The van der Waals surface area contributed by atoms with Crippen molar-refractivity contribution in [2.75, 3.05) is 12.3 Å². The Hall–Kier alpha value is -2.43. The first-order valence-electron chi connectivity index (χ1n) is 6.67. The normalized spacial score (nSPS) is 12.4. The van der Waals surface area contributed by atoms with Crippen LogP contribution in [0.2, 0.25) is 0 Å². The van der Waals surface area contributed by atoms with Gasteiger partial charge in [-0.15, -0.1) is 0 Å². The largest absolute Gasteiger partial charge is 0.462 e. The highest BCUT2D eigenvalue weighted by atomic mass is 16.5. The van der Waals surface area contributed by atoms with Crippen molar-refractivity contribution >= 4 is 11.8 Å². The fourth-order valence-electron chi connectivity index (χ4n) is 2.52. The molecule has 0 aromatic carbocycles. The maximum atomic E-state index is 11.8. The number of aryl methyl sites for hydroxylation is 2. The molecule has 0 radical (unpaired) electrons. The second-order valence-electron chi connectivity index (χ2n) is 4.72. The number of anilines is 1. The molecule has 2 aromatic rings. The fourth-order valence-corrected chi connectivity index (χ4v) is 2.52. The zero-order valence-electron chi connectivity index (χ0n) is 11.3. The van der Waals surface area contributed by atoms with E-state index in [1.165, 1.54) is 5.56 Å². The molecule has 0 aliphatic heterocycles. The molecule has 0 bridgehead atoms. The van der Waals surface area contributed by atoms with Gasteiger partial charge in [-0.2, -0.15) is 0 Å². The van der Waals surface area contributed by atoms with E-state index in [-0.39, 0.29) is 5.82 Å². The van der Waals surface area contributed by atoms with E-state index >= 15 is 0 Å². The number of ether oxygens (including phenoxy) is 1. The van der Waals surface area contributed by atoms with Crippen molar-refractivity contribution in [1.29, 1.82) is 0 Å². The summed E-state index contributed by atoms with van der Waals surface area (Å²) in [6.07, 6.45) is 3.64. The summed E-state index contributed by atoms with van der Waals surface area (Å²) < 4.78 is 5.00. The third-order valence-corrected chi connectivity index (χ3v) is 3.47. The van der Waals surface area contributed by atoms with Gasteiger partial charge in [-0.25, -0.2) is 14.8 Å². The van der Waals surface area contributed by atoms with Crippen LogP contribution in [0.1, 0.15) is 28.4 Å². The van der Waals surface area contributed by atoms with E-state index in [2.05, 4.69) is 16.0 Å². The topological polar surface area (TPSA) is 79.3 Å². The fraction of sp³-hybridized carbons (Fsp3) is 0.267. The molecule has 1 aliphatic carbocycles. The van der Waals surface area contributed by atoms with E-state index in [0.717, 1.165) is 29.8 Å². The number of nitrogens with zero attached hydrogens (tertiary/aromatic N) is 1. The van der Waals surface area contributed by atoms with Crippen molar-refractivity contribution in [1.82, 2.24) is 4.98 Å². The van der Waals surface area contributed by atoms with Crippen molar-refractivity contribution in [3.63, 3.8) is 0 Å². The smallest absolute Gasteiger partial charge is 0.341 e. The van der Waals surface area contributed by atoms with Crippen molar-refractivity contribution in [3.8, 4) is 11.4 Å². The van der Waals surface area contributed by atoms with Crippen molar-refractivity contribution in [2.24, 2.45) is 0 Å². The van der Waals surface area contributed by atoms with E-state index in [0.29, 0.717) is 12.2 Å². The van der Waals surface area contributed by atoms with Crippen LogP contribution in [0.15, 0.2) is 24.4 Å². The molecule has 0 atom stereocenters. The number of carbonyl (C=O) groups excluding carboxylic acids is 1. The molecule has 20 heavy (non-hydrogen) atoms. The number of hydrogen-bond donors (Lipinski definition) is 1. The summed E-state index contributed by atoms with van der Waals surface area (Å²) in [5, 5.41) is 0. The van der Waals surface area contributed by atoms with Gasteiger partial charge in [0, 0.05) is 11.6 Å². The van der Waals surface area contributed by atoms with Crippen LogP contribution in [-0.4, -0.2) is 17.6 Å². The minimum absolute atomic E-state index is 0.215. The predicted molar refractivity (Wildman–Crippen MR) is 74.0 cm³/mol. The third kappa shape index (κ3) is 2.01. The van der Waals surface area contributed by atoms with E-state index in [1.54, 1.807) is 13.0 Å². The zero-order chi connectivity index (χ0) is 14.1. The second kappa shape index (κ2) is 4.92. The summed E-state index contributed by atoms with van der Waals surface area (Å²) >= 11 is 0. The molecular weight excluding hydrogens is 254 g/mol. The minimum atomic E-state index is -0.414. The van der Waals surface area contributed by atoms with Crippen LogP contribution in [0, 0.1) is 0 Å². The molecule has 0 saturated heterocycles. The number of nitrogens with two attached hydrogens (primary N) is 1. The van der Waals surface area contributed by atoms with Gasteiger partial charge >= 0.3 is 5.97 Å². The molecule has 2 heterocycles. The number of pyridine rings is 2. The molecule has 3 N–H and O–H groups in total. The van der Waals surface area contributed by atoms with Crippen LogP contribution in [0.4, 0.5) is 5.82 Å². The Kier molecular flexibility index (Phi) is 3.10. The zero-order valence-corrected chi connectivity index (χ0v) is 11.3. The number of esters is 1. The molecule has 5 heteroatoms. The maximum Gasteiger partial charge on any atom is 0.341 e. The number of rotatable bonds is 2. The molecule has 1 aliphatic rings. The summed E-state index contributed by atoms with van der Waals surface area (Å²) in [7, 11) is 0. The number of H-pyrrole nitrogens is 1. The summed E-state index contributed by atoms with van der Waals surface area (Å²) in [5.74, 6) is -0.199. The van der Waals surface area contributed by atoms with E-state index in [1.807, 2.05) is 12.3 Å². The van der Waals surface area contributed by atoms with Crippen LogP contribution >= 0.6 is 0 Å². The molecule has 5 nitrogen and oxygen atoms in total. The SMILES string of the molecule is CCOC(=O)c1cc2c(nc1N)-c1[nH+]cccc1CC2. The first-order chi connectivity index (χ1) is 9.70. The Morgan fingerprint density at radius 2 is 2.25 bits per heavy atom. The number of hydrogen-bond acceptors (Lipinski definition) is 4. The molecule has 0 spiro atoms. The Bertz CT molecular complexity index is 683. The van der Waals surface area contributed by atoms with Crippen LogP contribution in [0.25, 0.3) is 11.4 Å². The molecule has 0 unspecified atom stereocenters. The summed E-state index contributed by atoms with van der Waals surface area (Å²) in [5.41, 5.74) is 10.3. The second-order valence-corrected chi connectivity index (χ2v) is 4.72. The van der Waals surface area contributed by atoms with Crippen molar-refractivity contribution < 1.29 is 14.5 Å². The Labute approximate surface area is 116 Å². The Balaban J connectivity index is 2.10. The number of aromatic amines is 1. The predicted octanol–water partition coefficient (Wildman–Crippen LogP) is 1.42. The maximum absolute atomic E-state index is 11.8. The van der Waals surface area contributed by atoms with Crippen LogP contribution in [0.5, 0.6) is 0 Å². The number of nitrogen functional groups attached to an aromatic ring is 1. The highest BCUT2D eigenvalue weighted by molar-refractivity contribution is 5.95. The van der Waals surface area contributed by atoms with Crippen LogP contribution in [-0.2, 0) is 17.6 Å². The molecular formula is C15H16N3O2+. The monoisotopic (exact) mass is 270 g/mol. The van der Waals surface area contributed by atoms with E-state index in [9.17, 15) is 4.79 Å². The Morgan fingerprint density at radius 1 is 1.45 bits per heavy atom. The summed E-state index contributed by atoms with van der Waals surface area (Å²) in [4.78, 5) is 19.5. The first-order valence-corrected chi connectivity index (χ1v) is 6.67. The van der Waals surface area contributed by atoms with Crippen molar-refractivity contribution in [3.05, 3.63) is 41.1 Å². The van der Waals surface area contributed by atoms with Crippen LogP contribution < -0.4 is 10.7 Å². The number of fused-ring (bicyclic) bond motifs is 3. The lowest BCUT2D eigenvalue weighted by Gasteiger charge is -2.16. The molecule has 0 fully saturated rings. The van der Waals surface area contributed by atoms with Gasteiger partial charge in [-0.05, 0) is 37.5 Å². The van der Waals surface area contributed by atoms with E-state index in [4.69, 9.17) is 10.5 Å². The van der Waals surface area contributed by atoms with Gasteiger partial charge in [0.25, 0.3) is 0 Å². The lowest BCUT2D eigenvalue weighted by atomic mass is 9.92. The Morgan fingerprint density at radius 3 is 3.05 bits per heavy atom. The van der Waals surface area contributed by atoms with Gasteiger partial charge < -0.3 is 10.5 Å². The summed E-state index contributed by atoms with van der Waals surface area (Å²) in [6, 6.07) is 5.85. The standard InChI is InChI=1S/C15H15N3O2/c1-2-20-15(19)11-8-10-6-5-9-4-3-7-17-12(9)13(10)18-14(11)16/h3-4,7-8H,2,5-6H2,1H3,(H2,16,18)/p+1. The average Bonchev–Trinajstić information content (AvgIpc) is 2.46. The van der Waals surface area contributed by atoms with Gasteiger partial charge in [-0.3, -0.25) is 0 Å². The average molecular weight is 270 g/mol. The first kappa shape index (κ1) is 12.6. The summed E-state index contributed by atoms with van der Waals surface area (Å²) in [6.45, 7) is 2.09. The lowest BCUT2D eigenvalue weighted by Crippen LogP contribution is -2.19. The number of carbonyl (C=O) groups is 1. The van der Waals surface area contributed by atoms with Gasteiger partial charge in [0.05, 0.1) is 6.61 Å². The van der Waals surface area contributed by atoms with E-state index < -0.39 is 5.97 Å². The highest BCUT2D eigenvalue weighted by Gasteiger charge is 2.26. The quantitative estimate of drug-likeness (QED) is 0.837. The lowest BCUT2D eigenvalue weighted by molar-refractivity contribution is -0.365. The highest BCUT2D eigenvalue weighted by Crippen LogP contribution is 2.30. The molecule has 0 saturated carbocycles. The number of nitrogens with one attached hydrogen (secondary N) is 1. The molecule has 102 valence electrons. The van der Waals surface area contributed by atoms with Gasteiger partial charge in [0.15, 0.2) is 6.20 Å². The minimum Gasteiger partial charge on any atom is -0.462 e. The number of aromatic nitrogens is 2. The molecule has 0 amide bonds. The van der Waals surface area contributed by atoms with Crippen LogP contribution in [0.3, 0.4) is 0 Å². The van der Waals surface area contributed by atoms with Gasteiger partial charge in [0.1, 0.15) is 17.1 Å². The van der Waals surface area contributed by atoms with Gasteiger partial charge in [-0.1, -0.05) is 0 Å². The third-order valence-electron chi connectivity index (χ3n) is 3.47. The molecule has 3 rings (SSSR count). The molecule has 2 aromatic heterocycles. The van der Waals surface area contributed by atoms with Gasteiger partial charge in [0.2, 0.25) is 5.69 Å².